The second kappa shape index (κ2) is 6.26. The lowest BCUT2D eigenvalue weighted by molar-refractivity contribution is -0.0648. The normalized spacial score (nSPS) is 30.2. The smallest absolute Gasteiger partial charge is 0.123 e. The van der Waals surface area contributed by atoms with E-state index in [-0.39, 0.29) is 11.7 Å². The fourth-order valence-corrected chi connectivity index (χ4v) is 4.59. The van der Waals surface area contributed by atoms with Crippen LogP contribution in [-0.4, -0.2) is 28.1 Å². The molecule has 4 heteroatoms. The van der Waals surface area contributed by atoms with E-state index < -0.39 is 5.60 Å². The Morgan fingerprint density at radius 1 is 1.21 bits per heavy atom. The second-order valence-corrected chi connectivity index (χ2v) is 7.25. The molecule has 1 aromatic heterocycles. The fourth-order valence-electron chi connectivity index (χ4n) is 4.59. The molecule has 1 N–H and O–H groups in total. The molecule has 1 saturated heterocycles. The Kier molecular flexibility index (Phi) is 4.10. The lowest BCUT2D eigenvalue weighted by Gasteiger charge is -2.41. The van der Waals surface area contributed by atoms with Gasteiger partial charge in [-0.05, 0) is 54.5 Å². The summed E-state index contributed by atoms with van der Waals surface area (Å²) in [5, 5.41) is 11.4. The maximum atomic E-state index is 13.3. The van der Waals surface area contributed by atoms with E-state index in [1.165, 1.54) is 17.7 Å². The molecular formula is C20H23FN2O. The molecule has 126 valence electrons. The molecule has 2 fully saturated rings. The maximum Gasteiger partial charge on any atom is 0.123 e. The Morgan fingerprint density at radius 2 is 2.04 bits per heavy atom. The fraction of sp³-hybridized carbons (Fsp3) is 0.450. The van der Waals surface area contributed by atoms with Gasteiger partial charge in [0.05, 0.1) is 5.60 Å². The zero-order valence-electron chi connectivity index (χ0n) is 13.7. The lowest BCUT2D eigenvalue weighted by atomic mass is 9.67. The number of benzene rings is 1. The van der Waals surface area contributed by atoms with Crippen molar-refractivity contribution in [1.29, 1.82) is 0 Å². The number of pyridine rings is 1. The summed E-state index contributed by atoms with van der Waals surface area (Å²) in [6.07, 6.45) is 6.66. The number of hydrogen-bond acceptors (Lipinski definition) is 3. The van der Waals surface area contributed by atoms with Gasteiger partial charge >= 0.3 is 0 Å². The molecule has 1 saturated carbocycles. The van der Waals surface area contributed by atoms with Gasteiger partial charge in [0.25, 0.3) is 0 Å². The minimum absolute atomic E-state index is 0.216. The van der Waals surface area contributed by atoms with Gasteiger partial charge in [0.15, 0.2) is 0 Å². The molecule has 0 bridgehead atoms. The Balaban J connectivity index is 1.55. The van der Waals surface area contributed by atoms with Crippen LogP contribution in [-0.2, 0) is 12.1 Å². The predicted octanol–water partition coefficient (Wildman–Crippen LogP) is 3.34. The van der Waals surface area contributed by atoms with E-state index in [1.54, 1.807) is 18.3 Å². The zero-order valence-corrected chi connectivity index (χ0v) is 13.7. The number of aromatic nitrogens is 1. The number of aliphatic hydroxyl groups is 1. The van der Waals surface area contributed by atoms with Crippen molar-refractivity contribution in [2.45, 2.75) is 31.4 Å². The van der Waals surface area contributed by atoms with Gasteiger partial charge in [-0.25, -0.2) is 4.39 Å². The Bertz CT molecular complexity index is 691. The minimum atomic E-state index is -0.833. The van der Waals surface area contributed by atoms with Crippen molar-refractivity contribution in [2.24, 2.45) is 11.8 Å². The van der Waals surface area contributed by atoms with Gasteiger partial charge in [0.1, 0.15) is 5.82 Å². The number of likely N-dealkylation sites (tertiary alicyclic amines) is 1. The quantitative estimate of drug-likeness (QED) is 0.940. The van der Waals surface area contributed by atoms with Crippen molar-refractivity contribution in [2.75, 3.05) is 13.1 Å². The van der Waals surface area contributed by atoms with Gasteiger partial charge in [0.2, 0.25) is 0 Å². The summed E-state index contributed by atoms with van der Waals surface area (Å²) < 4.78 is 13.3. The van der Waals surface area contributed by atoms with Crippen molar-refractivity contribution < 1.29 is 9.50 Å². The monoisotopic (exact) mass is 326 g/mol. The molecule has 2 heterocycles. The summed E-state index contributed by atoms with van der Waals surface area (Å²) >= 11 is 0. The van der Waals surface area contributed by atoms with Crippen molar-refractivity contribution >= 4 is 0 Å². The van der Waals surface area contributed by atoms with Gasteiger partial charge in [-0.3, -0.25) is 9.88 Å². The highest BCUT2D eigenvalue weighted by atomic mass is 19.1. The lowest BCUT2D eigenvalue weighted by Crippen LogP contribution is -2.42. The number of fused-ring (bicyclic) bond motifs is 1. The van der Waals surface area contributed by atoms with Gasteiger partial charge in [0, 0.05) is 37.9 Å². The van der Waals surface area contributed by atoms with E-state index in [2.05, 4.69) is 16.0 Å². The average molecular weight is 326 g/mol. The number of halogens is 1. The summed E-state index contributed by atoms with van der Waals surface area (Å²) in [6, 6.07) is 10.5. The summed E-state index contributed by atoms with van der Waals surface area (Å²) in [5.74, 6) is 0.471. The van der Waals surface area contributed by atoms with Crippen LogP contribution >= 0.6 is 0 Å². The highest BCUT2D eigenvalue weighted by Crippen LogP contribution is 2.48. The average Bonchev–Trinajstić information content (AvgIpc) is 3.00. The molecule has 2 aromatic rings. The molecule has 1 aliphatic carbocycles. The van der Waals surface area contributed by atoms with Crippen LogP contribution in [0.15, 0.2) is 48.8 Å². The number of nitrogens with zero attached hydrogens (tertiary/aromatic N) is 2. The van der Waals surface area contributed by atoms with E-state index >= 15 is 0 Å². The third kappa shape index (κ3) is 2.85. The third-order valence-corrected chi connectivity index (χ3v) is 5.74. The van der Waals surface area contributed by atoms with E-state index in [0.717, 1.165) is 44.5 Å². The maximum absolute atomic E-state index is 13.3. The topological polar surface area (TPSA) is 36.4 Å². The molecule has 0 radical (unpaired) electrons. The van der Waals surface area contributed by atoms with Crippen molar-refractivity contribution in [3.05, 3.63) is 65.7 Å². The molecule has 0 amide bonds. The third-order valence-electron chi connectivity index (χ3n) is 5.74. The first-order valence-corrected chi connectivity index (χ1v) is 8.75. The number of hydrogen-bond donors (Lipinski definition) is 1. The molecule has 3 nitrogen and oxygen atoms in total. The van der Waals surface area contributed by atoms with E-state index in [4.69, 9.17) is 0 Å². The van der Waals surface area contributed by atoms with Crippen molar-refractivity contribution in [3.8, 4) is 0 Å². The summed E-state index contributed by atoms with van der Waals surface area (Å²) in [4.78, 5) is 6.61. The van der Waals surface area contributed by atoms with E-state index in [9.17, 15) is 9.50 Å². The Hall–Kier alpha value is -1.78. The molecule has 4 rings (SSSR count). The SMILES string of the molecule is O[C@]1(c2ccc(F)cc2)CCC[C@@H]2CN(Cc3cccnc3)C[C@H]21. The van der Waals surface area contributed by atoms with Crippen LogP contribution in [0.25, 0.3) is 0 Å². The van der Waals surface area contributed by atoms with Gasteiger partial charge in [-0.2, -0.15) is 0 Å². The highest BCUT2D eigenvalue weighted by molar-refractivity contribution is 5.26. The van der Waals surface area contributed by atoms with Crippen LogP contribution in [0.3, 0.4) is 0 Å². The van der Waals surface area contributed by atoms with E-state index in [0.29, 0.717) is 5.92 Å². The van der Waals surface area contributed by atoms with Gasteiger partial charge in [-0.1, -0.05) is 18.2 Å². The van der Waals surface area contributed by atoms with Crippen molar-refractivity contribution in [1.82, 2.24) is 9.88 Å². The Morgan fingerprint density at radius 3 is 2.79 bits per heavy atom. The highest BCUT2D eigenvalue weighted by Gasteiger charge is 2.49. The van der Waals surface area contributed by atoms with E-state index in [1.807, 2.05) is 12.3 Å². The zero-order chi connectivity index (χ0) is 16.6. The van der Waals surface area contributed by atoms with Crippen LogP contribution < -0.4 is 0 Å². The Labute approximate surface area is 142 Å². The molecule has 3 atom stereocenters. The summed E-state index contributed by atoms with van der Waals surface area (Å²) in [6.45, 7) is 2.77. The molecule has 1 aromatic carbocycles. The summed E-state index contributed by atoms with van der Waals surface area (Å²) in [7, 11) is 0. The van der Waals surface area contributed by atoms with Crippen LogP contribution in [0.1, 0.15) is 30.4 Å². The molecule has 1 aliphatic heterocycles. The molecule has 2 aliphatic rings. The molecule has 0 unspecified atom stereocenters. The molecular weight excluding hydrogens is 303 g/mol. The van der Waals surface area contributed by atoms with Crippen molar-refractivity contribution in [3.63, 3.8) is 0 Å². The molecule has 0 spiro atoms. The standard InChI is InChI=1S/C20H23FN2O/c21-18-7-5-17(6-8-18)20(24)9-1-4-16-13-23(14-19(16)20)12-15-3-2-10-22-11-15/h2-3,5-8,10-11,16,19,24H,1,4,9,12-14H2/t16-,19-,20+/m1/s1. The van der Waals surface area contributed by atoms with Gasteiger partial charge < -0.3 is 5.11 Å². The number of rotatable bonds is 3. The van der Waals surface area contributed by atoms with Crippen LogP contribution in [0, 0.1) is 17.7 Å². The predicted molar refractivity (Wildman–Crippen MR) is 90.6 cm³/mol. The first-order chi connectivity index (χ1) is 11.6. The van der Waals surface area contributed by atoms with Crippen LogP contribution in [0.4, 0.5) is 4.39 Å². The first-order valence-electron chi connectivity index (χ1n) is 8.75. The van der Waals surface area contributed by atoms with Gasteiger partial charge in [-0.15, -0.1) is 0 Å². The minimum Gasteiger partial charge on any atom is -0.385 e. The molecule has 24 heavy (non-hydrogen) atoms. The first kappa shape index (κ1) is 15.7. The van der Waals surface area contributed by atoms with Crippen LogP contribution in [0.2, 0.25) is 0 Å². The summed E-state index contributed by atoms with van der Waals surface area (Å²) in [5.41, 5.74) is 1.24. The largest absolute Gasteiger partial charge is 0.385 e. The van der Waals surface area contributed by atoms with Crippen LogP contribution in [0.5, 0.6) is 0 Å². The second-order valence-electron chi connectivity index (χ2n) is 7.25.